The van der Waals surface area contributed by atoms with Gasteiger partial charge in [-0.1, -0.05) is 12.1 Å². The van der Waals surface area contributed by atoms with Crippen LogP contribution in [0.4, 0.5) is 4.79 Å². The summed E-state index contributed by atoms with van der Waals surface area (Å²) in [7, 11) is 0. The van der Waals surface area contributed by atoms with Gasteiger partial charge in [-0.15, -0.1) is 24.0 Å². The second kappa shape index (κ2) is 11.2. The molecule has 0 aliphatic carbocycles. The normalized spacial score (nSPS) is 23.2. The third-order valence-electron chi connectivity index (χ3n) is 5.60. The van der Waals surface area contributed by atoms with Crippen molar-refractivity contribution in [2.75, 3.05) is 13.1 Å². The van der Waals surface area contributed by atoms with E-state index in [0.717, 1.165) is 50.2 Å². The highest BCUT2D eigenvalue weighted by molar-refractivity contribution is 14.0. The maximum Gasteiger partial charge on any atom is 0.410 e. The van der Waals surface area contributed by atoms with Crippen LogP contribution in [0.25, 0.3) is 0 Å². The number of phenolic OH excluding ortho intramolecular Hbond substituents is 1. The average molecular weight is 544 g/mol. The molecule has 174 valence electrons. The number of aromatic hydroxyl groups is 1. The summed E-state index contributed by atoms with van der Waals surface area (Å²) in [5.74, 6) is 1.10. The van der Waals surface area contributed by atoms with Crippen LogP contribution in [0.1, 0.15) is 58.9 Å². The van der Waals surface area contributed by atoms with E-state index in [1.165, 1.54) is 0 Å². The third-order valence-corrected chi connectivity index (χ3v) is 5.60. The minimum Gasteiger partial charge on any atom is -0.508 e. The van der Waals surface area contributed by atoms with Crippen molar-refractivity contribution in [3.63, 3.8) is 0 Å². The van der Waals surface area contributed by atoms with Gasteiger partial charge in [0.05, 0.1) is 0 Å². The first-order valence-electron chi connectivity index (χ1n) is 11.1. The molecule has 0 radical (unpaired) electrons. The lowest BCUT2D eigenvalue weighted by Crippen LogP contribution is -2.55. The highest BCUT2D eigenvalue weighted by Gasteiger charge is 2.45. The third kappa shape index (κ3) is 7.43. The molecule has 1 aromatic rings. The molecule has 2 saturated heterocycles. The molecule has 2 aliphatic heterocycles. The Labute approximate surface area is 203 Å². The van der Waals surface area contributed by atoms with E-state index < -0.39 is 5.60 Å². The summed E-state index contributed by atoms with van der Waals surface area (Å²) in [5, 5.41) is 16.5. The largest absolute Gasteiger partial charge is 0.508 e. The second-order valence-electron chi connectivity index (χ2n) is 9.27. The summed E-state index contributed by atoms with van der Waals surface area (Å²) in [5.41, 5.74) is 0.602. The van der Waals surface area contributed by atoms with Gasteiger partial charge in [0, 0.05) is 31.2 Å². The number of carbonyl (C=O) groups excluding carboxylic acids is 1. The number of benzene rings is 1. The van der Waals surface area contributed by atoms with Crippen LogP contribution in [0.5, 0.6) is 5.75 Å². The number of hydrogen-bond donors (Lipinski definition) is 3. The molecule has 1 aromatic carbocycles. The SMILES string of the molecule is CCNC(=NCCc1cccc(O)c1)NC1CC2CCC(C1)N2C(=O)OC(C)(C)C.I. The van der Waals surface area contributed by atoms with E-state index in [4.69, 9.17) is 9.73 Å². The number of amides is 1. The Morgan fingerprint density at radius 3 is 2.52 bits per heavy atom. The molecular weight excluding hydrogens is 507 g/mol. The molecule has 0 spiro atoms. The lowest BCUT2D eigenvalue weighted by Gasteiger charge is -2.40. The number of hydrogen-bond acceptors (Lipinski definition) is 4. The fourth-order valence-electron chi connectivity index (χ4n) is 4.43. The van der Waals surface area contributed by atoms with Gasteiger partial charge in [0.1, 0.15) is 11.4 Å². The van der Waals surface area contributed by atoms with Gasteiger partial charge < -0.3 is 25.4 Å². The quantitative estimate of drug-likeness (QED) is 0.296. The molecule has 1 amide bonds. The first-order valence-corrected chi connectivity index (χ1v) is 11.1. The van der Waals surface area contributed by atoms with Crippen LogP contribution < -0.4 is 10.6 Å². The number of fused-ring (bicyclic) bond motifs is 2. The molecule has 2 unspecified atom stereocenters. The van der Waals surface area contributed by atoms with Crippen LogP contribution in [-0.4, -0.2) is 58.9 Å². The van der Waals surface area contributed by atoms with Crippen LogP contribution in [0, 0.1) is 0 Å². The fraction of sp³-hybridized carbons (Fsp3) is 0.652. The number of piperidine rings is 1. The number of nitrogens with zero attached hydrogens (tertiary/aromatic N) is 2. The van der Waals surface area contributed by atoms with E-state index in [1.54, 1.807) is 12.1 Å². The second-order valence-corrected chi connectivity index (χ2v) is 9.27. The summed E-state index contributed by atoms with van der Waals surface area (Å²) in [6.07, 6.45) is 4.48. The molecule has 0 aromatic heterocycles. The Hall–Kier alpha value is -1.71. The summed E-state index contributed by atoms with van der Waals surface area (Å²) in [6.45, 7) is 9.23. The van der Waals surface area contributed by atoms with Gasteiger partial charge in [0.2, 0.25) is 0 Å². The zero-order chi connectivity index (χ0) is 21.7. The number of carbonyl (C=O) groups is 1. The van der Waals surface area contributed by atoms with E-state index >= 15 is 0 Å². The summed E-state index contributed by atoms with van der Waals surface area (Å²) >= 11 is 0. The van der Waals surface area contributed by atoms with Crippen molar-refractivity contribution in [1.29, 1.82) is 0 Å². The van der Waals surface area contributed by atoms with E-state index in [2.05, 4.69) is 17.6 Å². The van der Waals surface area contributed by atoms with Gasteiger partial charge in [-0.2, -0.15) is 0 Å². The van der Waals surface area contributed by atoms with Crippen molar-refractivity contribution in [3.05, 3.63) is 29.8 Å². The van der Waals surface area contributed by atoms with E-state index in [9.17, 15) is 9.90 Å². The van der Waals surface area contributed by atoms with E-state index in [1.807, 2.05) is 37.8 Å². The molecule has 8 heteroatoms. The highest BCUT2D eigenvalue weighted by Crippen LogP contribution is 2.36. The summed E-state index contributed by atoms with van der Waals surface area (Å²) in [4.78, 5) is 19.3. The number of rotatable bonds is 5. The van der Waals surface area contributed by atoms with E-state index in [-0.39, 0.29) is 47.9 Å². The predicted molar refractivity (Wildman–Crippen MR) is 134 cm³/mol. The number of halogens is 1. The molecule has 3 N–H and O–H groups in total. The standard InChI is InChI=1S/C23H36N4O3.HI/c1-5-24-21(25-12-11-16-7-6-8-20(28)13-16)26-17-14-18-9-10-19(15-17)27(18)22(29)30-23(2,3)4;/h6-8,13,17-19,28H,5,9-12,14-15H2,1-4H3,(H2,24,25,26);1H. The Kier molecular flexibility index (Phi) is 9.27. The fourth-order valence-corrected chi connectivity index (χ4v) is 4.43. The number of ether oxygens (including phenoxy) is 1. The van der Waals surface area contributed by atoms with Crippen molar-refractivity contribution in [3.8, 4) is 5.75 Å². The summed E-state index contributed by atoms with van der Waals surface area (Å²) < 4.78 is 5.63. The molecule has 2 bridgehead atoms. The van der Waals surface area contributed by atoms with Crippen LogP contribution in [0.3, 0.4) is 0 Å². The van der Waals surface area contributed by atoms with Gasteiger partial charge in [0.25, 0.3) is 0 Å². The van der Waals surface area contributed by atoms with Crippen LogP contribution in [-0.2, 0) is 11.2 Å². The molecule has 0 saturated carbocycles. The lowest BCUT2D eigenvalue weighted by molar-refractivity contribution is 0.00545. The molecule has 2 aliphatic rings. The Bertz CT molecular complexity index is 751. The van der Waals surface area contributed by atoms with Crippen molar-refractivity contribution in [2.45, 2.75) is 83.5 Å². The monoisotopic (exact) mass is 544 g/mol. The topological polar surface area (TPSA) is 86.2 Å². The van der Waals surface area contributed by atoms with Crippen molar-refractivity contribution < 1.29 is 14.6 Å². The Morgan fingerprint density at radius 1 is 1.26 bits per heavy atom. The van der Waals surface area contributed by atoms with Gasteiger partial charge >= 0.3 is 6.09 Å². The molecule has 7 nitrogen and oxygen atoms in total. The number of phenols is 1. The van der Waals surface area contributed by atoms with Crippen LogP contribution in [0.15, 0.2) is 29.3 Å². The Morgan fingerprint density at radius 2 is 1.94 bits per heavy atom. The first kappa shape index (κ1) is 25.5. The van der Waals surface area contributed by atoms with Gasteiger partial charge in [-0.05, 0) is 77.5 Å². The molecule has 2 atom stereocenters. The summed E-state index contributed by atoms with van der Waals surface area (Å²) in [6, 6.07) is 8.06. The maximum atomic E-state index is 12.6. The van der Waals surface area contributed by atoms with Crippen LogP contribution >= 0.6 is 24.0 Å². The number of guanidine groups is 1. The molecule has 31 heavy (non-hydrogen) atoms. The van der Waals surface area contributed by atoms with Crippen molar-refractivity contribution >= 4 is 36.0 Å². The number of nitrogens with one attached hydrogen (secondary N) is 2. The highest BCUT2D eigenvalue weighted by atomic mass is 127. The minimum atomic E-state index is -0.466. The van der Waals surface area contributed by atoms with E-state index in [0.29, 0.717) is 12.6 Å². The number of aliphatic imine (C=N–C) groups is 1. The average Bonchev–Trinajstić information content (AvgIpc) is 2.92. The zero-order valence-corrected chi connectivity index (χ0v) is 21.4. The predicted octanol–water partition coefficient (Wildman–Crippen LogP) is 4.04. The maximum absolute atomic E-state index is 12.6. The Balaban J connectivity index is 0.00000341. The molecule has 2 heterocycles. The van der Waals surface area contributed by atoms with Crippen molar-refractivity contribution in [2.24, 2.45) is 4.99 Å². The minimum absolute atomic E-state index is 0. The molecule has 3 rings (SSSR count). The zero-order valence-electron chi connectivity index (χ0n) is 19.1. The van der Waals surface area contributed by atoms with Gasteiger partial charge in [-0.25, -0.2) is 4.79 Å². The molecular formula is C23H37IN4O3. The molecule has 2 fully saturated rings. The smallest absolute Gasteiger partial charge is 0.410 e. The lowest BCUT2D eigenvalue weighted by atomic mass is 9.98. The van der Waals surface area contributed by atoms with Crippen molar-refractivity contribution in [1.82, 2.24) is 15.5 Å². The van der Waals surface area contributed by atoms with Gasteiger partial charge in [0.15, 0.2) is 5.96 Å². The van der Waals surface area contributed by atoms with Gasteiger partial charge in [-0.3, -0.25) is 4.99 Å². The first-order chi connectivity index (χ1) is 14.2. The van der Waals surface area contributed by atoms with Crippen LogP contribution in [0.2, 0.25) is 0 Å².